The predicted octanol–water partition coefficient (Wildman–Crippen LogP) is 7.94. The molecule has 1 aliphatic heterocycles. The molecule has 5 aromatic carbocycles. The maximum atomic E-state index is 6.80. The summed E-state index contributed by atoms with van der Waals surface area (Å²) in [5.41, 5.74) is 5.46. The summed E-state index contributed by atoms with van der Waals surface area (Å²) in [5, 5.41) is 0. The lowest BCUT2D eigenvalue weighted by Gasteiger charge is -2.46. The van der Waals surface area contributed by atoms with Crippen LogP contribution in [-0.2, 0) is 61.3 Å². The minimum absolute atomic E-state index is 0.295. The van der Waals surface area contributed by atoms with Crippen LogP contribution in [0.25, 0.3) is 0 Å². The van der Waals surface area contributed by atoms with Gasteiger partial charge in [-0.2, -0.15) is 0 Å². The molecule has 0 aromatic heterocycles. The number of hydrogen-bond donors (Lipinski definition) is 0. The molecule has 3 unspecified atom stereocenters. The van der Waals surface area contributed by atoms with Crippen LogP contribution in [0.3, 0.4) is 0 Å². The van der Waals surface area contributed by atoms with Gasteiger partial charge in [-0.15, -0.1) is 0 Å². The Morgan fingerprint density at radius 3 is 1.27 bits per heavy atom. The number of hydrogen-bond acceptors (Lipinski definition) is 6. The third kappa shape index (κ3) is 10.2. The van der Waals surface area contributed by atoms with Crippen LogP contribution in [0.2, 0.25) is 0 Å². The van der Waals surface area contributed by atoms with Gasteiger partial charge >= 0.3 is 0 Å². The van der Waals surface area contributed by atoms with Gasteiger partial charge in [0.15, 0.2) is 6.29 Å². The Hall–Kier alpha value is -4.14. The predicted molar refractivity (Wildman–Crippen MR) is 186 cm³/mol. The number of benzene rings is 5. The first-order valence-corrected chi connectivity index (χ1v) is 16.7. The van der Waals surface area contributed by atoms with Crippen LogP contribution in [0.15, 0.2) is 152 Å². The first-order chi connectivity index (χ1) is 23.8. The van der Waals surface area contributed by atoms with Crippen molar-refractivity contribution in [3.05, 3.63) is 179 Å². The van der Waals surface area contributed by atoms with Gasteiger partial charge in [-0.05, 0) is 34.2 Å². The fraction of sp³-hybridized carbons (Fsp3) is 0.286. The Labute approximate surface area is 284 Å². The molecule has 0 aliphatic carbocycles. The summed E-state index contributed by atoms with van der Waals surface area (Å²) in [4.78, 5) is 0. The fourth-order valence-corrected chi connectivity index (χ4v) is 5.82. The van der Waals surface area contributed by atoms with E-state index in [1.165, 1.54) is 5.56 Å². The van der Waals surface area contributed by atoms with Crippen molar-refractivity contribution in [2.24, 2.45) is 0 Å². The normalized spacial score (nSPS) is 20.8. The molecule has 6 rings (SSSR count). The highest BCUT2D eigenvalue weighted by Crippen LogP contribution is 2.32. The summed E-state index contributed by atoms with van der Waals surface area (Å²) in [6.07, 6.45) is -2.03. The second kappa shape index (κ2) is 18.4. The summed E-state index contributed by atoms with van der Waals surface area (Å²) in [5.74, 6) is 0. The molecule has 1 fully saturated rings. The van der Waals surface area contributed by atoms with Crippen LogP contribution in [0.5, 0.6) is 0 Å². The van der Waals surface area contributed by atoms with Gasteiger partial charge in [0.05, 0.1) is 39.6 Å². The van der Waals surface area contributed by atoms with E-state index in [9.17, 15) is 0 Å². The van der Waals surface area contributed by atoms with Crippen molar-refractivity contribution in [2.45, 2.75) is 63.6 Å². The molecule has 0 amide bonds. The van der Waals surface area contributed by atoms with Crippen LogP contribution >= 0.6 is 0 Å². The summed E-state index contributed by atoms with van der Waals surface area (Å²) in [6.45, 7) is 2.35. The molecule has 0 spiro atoms. The Kier molecular flexibility index (Phi) is 12.9. The third-order valence-corrected chi connectivity index (χ3v) is 8.36. The molecule has 5 aromatic rings. The van der Waals surface area contributed by atoms with E-state index in [-0.39, 0.29) is 0 Å². The average molecular weight is 645 g/mol. The van der Waals surface area contributed by atoms with Crippen LogP contribution in [0, 0.1) is 0 Å². The molecule has 0 saturated carbocycles. The van der Waals surface area contributed by atoms with Crippen molar-refractivity contribution >= 4 is 0 Å². The topological polar surface area (TPSA) is 55.4 Å². The third-order valence-electron chi connectivity index (χ3n) is 8.36. The Balaban J connectivity index is 1.27. The summed E-state index contributed by atoms with van der Waals surface area (Å²) < 4.78 is 39.8. The Morgan fingerprint density at radius 2 is 0.792 bits per heavy atom. The Bertz CT molecular complexity index is 1470. The van der Waals surface area contributed by atoms with E-state index in [0.29, 0.717) is 39.6 Å². The van der Waals surface area contributed by atoms with Gasteiger partial charge in [-0.1, -0.05) is 152 Å². The summed E-state index contributed by atoms with van der Waals surface area (Å²) in [6, 6.07) is 50.9. The van der Waals surface area contributed by atoms with Gasteiger partial charge in [-0.25, -0.2) is 0 Å². The Morgan fingerprint density at radius 1 is 0.396 bits per heavy atom. The van der Waals surface area contributed by atoms with Crippen molar-refractivity contribution in [1.82, 2.24) is 0 Å². The maximum Gasteiger partial charge on any atom is 0.186 e. The van der Waals surface area contributed by atoms with E-state index in [2.05, 4.69) is 60.7 Å². The van der Waals surface area contributed by atoms with Gasteiger partial charge in [-0.3, -0.25) is 0 Å². The molecule has 0 bridgehead atoms. The molecule has 6 heteroatoms. The zero-order valence-corrected chi connectivity index (χ0v) is 27.2. The molecule has 1 aliphatic rings. The van der Waals surface area contributed by atoms with E-state index in [0.717, 1.165) is 28.7 Å². The van der Waals surface area contributed by atoms with Crippen molar-refractivity contribution < 1.29 is 28.4 Å². The van der Waals surface area contributed by atoms with E-state index >= 15 is 0 Å². The van der Waals surface area contributed by atoms with E-state index in [4.69, 9.17) is 28.4 Å². The zero-order valence-electron chi connectivity index (χ0n) is 27.2. The molecule has 48 heavy (non-hydrogen) atoms. The van der Waals surface area contributed by atoms with Crippen molar-refractivity contribution in [3.8, 4) is 0 Å². The molecule has 0 N–H and O–H groups in total. The largest absolute Gasteiger partial charge is 0.374 e. The lowest BCUT2D eigenvalue weighted by atomic mass is 9.97. The second-order valence-electron chi connectivity index (χ2n) is 11.9. The first kappa shape index (κ1) is 33.7. The lowest BCUT2D eigenvalue weighted by Crippen LogP contribution is -2.61. The van der Waals surface area contributed by atoms with E-state index < -0.39 is 30.7 Å². The van der Waals surface area contributed by atoms with Crippen LogP contribution in [0.4, 0.5) is 0 Å². The zero-order chi connectivity index (χ0) is 32.6. The highest BCUT2D eigenvalue weighted by molar-refractivity contribution is 5.17. The monoisotopic (exact) mass is 644 g/mol. The molecule has 5 atom stereocenters. The highest BCUT2D eigenvalue weighted by Gasteiger charge is 2.49. The first-order valence-electron chi connectivity index (χ1n) is 16.7. The quantitative estimate of drug-likeness (QED) is 0.102. The van der Waals surface area contributed by atoms with Crippen molar-refractivity contribution in [2.75, 3.05) is 13.2 Å². The molecular weight excluding hydrogens is 600 g/mol. The van der Waals surface area contributed by atoms with Gasteiger partial charge in [0, 0.05) is 0 Å². The SMILES string of the molecule is c1ccc(CCO[C@@H]2OC(COCc3ccccc3)[C@@H](OCc3ccccc3)C(OCc3ccccc3)C2OCc2ccccc2)cc1. The summed E-state index contributed by atoms with van der Waals surface area (Å²) in [7, 11) is 0. The van der Waals surface area contributed by atoms with E-state index in [1.807, 2.05) is 91.0 Å². The molecule has 1 heterocycles. The minimum Gasteiger partial charge on any atom is -0.374 e. The van der Waals surface area contributed by atoms with Crippen LogP contribution < -0.4 is 0 Å². The standard InChI is InChI=1S/C42H44O6/c1-6-16-33(17-7-1)26-27-44-42-41(47-31-37-24-14-5-15-25-37)40(46-30-36-22-12-4-13-23-36)39(45-29-35-20-10-3-11-21-35)38(48-42)32-43-28-34-18-8-2-9-19-34/h1-25,38-42H,26-32H2/t38?,39-,40?,41?,42-/m1/s1. The maximum absolute atomic E-state index is 6.80. The summed E-state index contributed by atoms with van der Waals surface area (Å²) >= 11 is 0. The molecule has 0 radical (unpaired) electrons. The molecular formula is C42H44O6. The molecule has 1 saturated heterocycles. The smallest absolute Gasteiger partial charge is 0.186 e. The molecule has 6 nitrogen and oxygen atoms in total. The van der Waals surface area contributed by atoms with Crippen molar-refractivity contribution in [1.29, 1.82) is 0 Å². The van der Waals surface area contributed by atoms with E-state index in [1.54, 1.807) is 0 Å². The van der Waals surface area contributed by atoms with Crippen LogP contribution in [0.1, 0.15) is 27.8 Å². The fourth-order valence-electron chi connectivity index (χ4n) is 5.82. The highest BCUT2D eigenvalue weighted by atomic mass is 16.7. The van der Waals surface area contributed by atoms with Gasteiger partial charge < -0.3 is 28.4 Å². The molecule has 248 valence electrons. The number of rotatable bonds is 17. The number of ether oxygens (including phenoxy) is 6. The van der Waals surface area contributed by atoms with Gasteiger partial charge in [0.25, 0.3) is 0 Å². The van der Waals surface area contributed by atoms with Crippen molar-refractivity contribution in [3.63, 3.8) is 0 Å². The minimum atomic E-state index is -0.708. The van der Waals surface area contributed by atoms with Gasteiger partial charge in [0.1, 0.15) is 24.4 Å². The van der Waals surface area contributed by atoms with Crippen LogP contribution in [-0.4, -0.2) is 43.9 Å². The average Bonchev–Trinajstić information content (AvgIpc) is 3.15. The second-order valence-corrected chi connectivity index (χ2v) is 11.9. The van der Waals surface area contributed by atoms with Gasteiger partial charge in [0.2, 0.25) is 0 Å². The lowest BCUT2D eigenvalue weighted by molar-refractivity contribution is -0.328.